The van der Waals surface area contributed by atoms with E-state index in [1.165, 1.54) is 32.1 Å². The van der Waals surface area contributed by atoms with E-state index in [4.69, 9.17) is 5.11 Å². The van der Waals surface area contributed by atoms with Crippen molar-refractivity contribution in [3.05, 3.63) is 0 Å². The minimum atomic E-state index is -0.610. The van der Waals surface area contributed by atoms with E-state index >= 15 is 0 Å². The average molecular weight is 211 g/mol. The molecule has 2 fully saturated rings. The van der Waals surface area contributed by atoms with Gasteiger partial charge < -0.3 is 10.4 Å². The molecule has 0 amide bonds. The molecule has 0 aromatic carbocycles. The molecule has 0 aromatic heterocycles. The average Bonchev–Trinajstić information content (AvgIpc) is 2.67. The second-order valence-corrected chi connectivity index (χ2v) is 5.03. The first-order valence-electron chi connectivity index (χ1n) is 6.23. The molecule has 2 rings (SSSR count). The third-order valence-electron chi connectivity index (χ3n) is 3.98. The Morgan fingerprint density at radius 1 is 1.20 bits per heavy atom. The van der Waals surface area contributed by atoms with Crippen molar-refractivity contribution >= 4 is 5.97 Å². The van der Waals surface area contributed by atoms with Crippen LogP contribution in [0.25, 0.3) is 0 Å². The molecule has 0 radical (unpaired) electrons. The predicted octanol–water partition coefficient (Wildman–Crippen LogP) is 2.02. The minimum Gasteiger partial charge on any atom is -0.481 e. The van der Waals surface area contributed by atoms with Gasteiger partial charge in [0.2, 0.25) is 0 Å². The summed E-state index contributed by atoms with van der Waals surface area (Å²) in [7, 11) is 0. The summed E-state index contributed by atoms with van der Waals surface area (Å²) in [6.45, 7) is 0.883. The summed E-state index contributed by atoms with van der Waals surface area (Å²) in [4.78, 5) is 11.0. The number of aliphatic carboxylic acids is 1. The molecule has 0 aromatic rings. The topological polar surface area (TPSA) is 49.3 Å². The molecule has 0 bridgehead atoms. The minimum absolute atomic E-state index is 0.132. The molecule has 1 saturated carbocycles. The van der Waals surface area contributed by atoms with Crippen LogP contribution in [0.1, 0.15) is 44.9 Å². The SMILES string of the molecule is O=C(O)C1CCNC1CC1CCCCC1. The van der Waals surface area contributed by atoms with E-state index in [1.54, 1.807) is 0 Å². The van der Waals surface area contributed by atoms with Gasteiger partial charge in [0.25, 0.3) is 0 Å². The molecule has 86 valence electrons. The van der Waals surface area contributed by atoms with Crippen molar-refractivity contribution < 1.29 is 9.90 Å². The van der Waals surface area contributed by atoms with Gasteiger partial charge in [0, 0.05) is 6.04 Å². The second-order valence-electron chi connectivity index (χ2n) is 5.03. The highest BCUT2D eigenvalue weighted by Gasteiger charge is 2.34. The summed E-state index contributed by atoms with van der Waals surface area (Å²) in [6.07, 6.45) is 8.57. The summed E-state index contributed by atoms with van der Waals surface area (Å²) < 4.78 is 0. The molecule has 1 aliphatic carbocycles. The van der Waals surface area contributed by atoms with Crippen LogP contribution in [0, 0.1) is 11.8 Å². The van der Waals surface area contributed by atoms with Crippen molar-refractivity contribution in [3.63, 3.8) is 0 Å². The highest BCUT2D eigenvalue weighted by molar-refractivity contribution is 5.71. The molecular weight excluding hydrogens is 190 g/mol. The number of carbonyl (C=O) groups is 1. The van der Waals surface area contributed by atoms with Gasteiger partial charge in [-0.25, -0.2) is 0 Å². The lowest BCUT2D eigenvalue weighted by molar-refractivity contribution is -0.142. The number of rotatable bonds is 3. The summed E-state index contributed by atoms with van der Waals surface area (Å²) in [5, 5.41) is 12.4. The van der Waals surface area contributed by atoms with Crippen LogP contribution in [0.2, 0.25) is 0 Å². The largest absolute Gasteiger partial charge is 0.481 e. The Labute approximate surface area is 91.2 Å². The van der Waals surface area contributed by atoms with Crippen LogP contribution < -0.4 is 5.32 Å². The Kier molecular flexibility index (Phi) is 3.62. The van der Waals surface area contributed by atoms with E-state index in [2.05, 4.69) is 5.32 Å². The zero-order chi connectivity index (χ0) is 10.7. The standard InChI is InChI=1S/C12H21NO2/c14-12(15)10-6-7-13-11(10)8-9-4-2-1-3-5-9/h9-11,13H,1-8H2,(H,14,15). The lowest BCUT2D eigenvalue weighted by atomic mass is 9.82. The Hall–Kier alpha value is -0.570. The summed E-state index contributed by atoms with van der Waals surface area (Å²) in [5.41, 5.74) is 0. The zero-order valence-electron chi connectivity index (χ0n) is 9.24. The van der Waals surface area contributed by atoms with E-state index < -0.39 is 5.97 Å². The van der Waals surface area contributed by atoms with Crippen molar-refractivity contribution in [2.24, 2.45) is 11.8 Å². The number of carboxylic acids is 1. The maximum Gasteiger partial charge on any atom is 0.308 e. The molecule has 15 heavy (non-hydrogen) atoms. The molecule has 2 atom stereocenters. The Morgan fingerprint density at radius 2 is 1.93 bits per heavy atom. The lowest BCUT2D eigenvalue weighted by Gasteiger charge is -2.26. The van der Waals surface area contributed by atoms with Gasteiger partial charge in [0.05, 0.1) is 5.92 Å². The van der Waals surface area contributed by atoms with Crippen LogP contribution in [0.3, 0.4) is 0 Å². The van der Waals surface area contributed by atoms with Gasteiger partial charge >= 0.3 is 5.97 Å². The van der Waals surface area contributed by atoms with Crippen LogP contribution >= 0.6 is 0 Å². The van der Waals surface area contributed by atoms with E-state index in [0.29, 0.717) is 0 Å². The highest BCUT2D eigenvalue weighted by atomic mass is 16.4. The molecule has 2 unspecified atom stereocenters. The quantitative estimate of drug-likeness (QED) is 0.751. The predicted molar refractivity (Wildman–Crippen MR) is 58.7 cm³/mol. The van der Waals surface area contributed by atoms with Crippen molar-refractivity contribution in [3.8, 4) is 0 Å². The van der Waals surface area contributed by atoms with Crippen LogP contribution in [-0.4, -0.2) is 23.7 Å². The number of hydrogen-bond donors (Lipinski definition) is 2. The van der Waals surface area contributed by atoms with Crippen LogP contribution in [0.15, 0.2) is 0 Å². The van der Waals surface area contributed by atoms with Crippen molar-refractivity contribution in [2.75, 3.05) is 6.54 Å². The van der Waals surface area contributed by atoms with Crippen LogP contribution in [-0.2, 0) is 4.79 Å². The van der Waals surface area contributed by atoms with Crippen molar-refractivity contribution in [1.29, 1.82) is 0 Å². The first kappa shape index (κ1) is 10.9. The second kappa shape index (κ2) is 4.97. The Balaban J connectivity index is 1.84. The molecule has 3 heteroatoms. The molecule has 3 nitrogen and oxygen atoms in total. The number of hydrogen-bond acceptors (Lipinski definition) is 2. The van der Waals surface area contributed by atoms with Gasteiger partial charge in [-0.3, -0.25) is 4.79 Å². The van der Waals surface area contributed by atoms with E-state index in [1.807, 2.05) is 0 Å². The van der Waals surface area contributed by atoms with Gasteiger partial charge in [-0.15, -0.1) is 0 Å². The monoisotopic (exact) mass is 211 g/mol. The number of nitrogens with one attached hydrogen (secondary N) is 1. The zero-order valence-corrected chi connectivity index (χ0v) is 9.24. The third kappa shape index (κ3) is 2.71. The van der Waals surface area contributed by atoms with Crippen molar-refractivity contribution in [2.45, 2.75) is 51.0 Å². The first-order chi connectivity index (χ1) is 7.27. The van der Waals surface area contributed by atoms with Gasteiger partial charge in [-0.1, -0.05) is 32.1 Å². The fraction of sp³-hybridized carbons (Fsp3) is 0.917. The maximum absolute atomic E-state index is 11.0. The molecule has 1 saturated heterocycles. The lowest BCUT2D eigenvalue weighted by Crippen LogP contribution is -2.33. The van der Waals surface area contributed by atoms with E-state index in [-0.39, 0.29) is 12.0 Å². The maximum atomic E-state index is 11.0. The molecule has 2 aliphatic rings. The first-order valence-corrected chi connectivity index (χ1v) is 6.23. The van der Waals surface area contributed by atoms with E-state index in [9.17, 15) is 4.79 Å². The van der Waals surface area contributed by atoms with Crippen LogP contribution in [0.4, 0.5) is 0 Å². The van der Waals surface area contributed by atoms with Crippen molar-refractivity contribution in [1.82, 2.24) is 5.32 Å². The molecule has 2 N–H and O–H groups in total. The molecular formula is C12H21NO2. The van der Waals surface area contributed by atoms with E-state index in [0.717, 1.165) is 25.3 Å². The fourth-order valence-electron chi connectivity index (χ4n) is 3.09. The van der Waals surface area contributed by atoms with Gasteiger partial charge in [-0.05, 0) is 25.3 Å². The van der Waals surface area contributed by atoms with Crippen LogP contribution in [0.5, 0.6) is 0 Å². The fourth-order valence-corrected chi connectivity index (χ4v) is 3.09. The van der Waals surface area contributed by atoms with Gasteiger partial charge in [0.1, 0.15) is 0 Å². The Bertz CT molecular complexity index is 224. The Morgan fingerprint density at radius 3 is 2.60 bits per heavy atom. The molecule has 1 heterocycles. The van der Waals surface area contributed by atoms with Gasteiger partial charge in [0.15, 0.2) is 0 Å². The highest BCUT2D eigenvalue weighted by Crippen LogP contribution is 2.31. The summed E-state index contributed by atoms with van der Waals surface area (Å²) in [6, 6.07) is 0.241. The third-order valence-corrected chi connectivity index (χ3v) is 3.98. The van der Waals surface area contributed by atoms with Gasteiger partial charge in [-0.2, -0.15) is 0 Å². The normalized spacial score (nSPS) is 33.1. The molecule has 1 aliphatic heterocycles. The molecule has 0 spiro atoms. The smallest absolute Gasteiger partial charge is 0.308 e. The summed E-state index contributed by atoms with van der Waals surface area (Å²) >= 11 is 0. The summed E-state index contributed by atoms with van der Waals surface area (Å²) in [5.74, 6) is 0.0314. The number of carboxylic acid groups (broad SMARTS) is 1.